The molecule has 10 aromatic rings. The Kier molecular flexibility index (Phi) is 12.1. The van der Waals surface area contributed by atoms with Crippen LogP contribution in [0.3, 0.4) is 0 Å². The third-order valence-corrected chi connectivity index (χ3v) is 15.7. The Morgan fingerprint density at radius 2 is 0.727 bits per heavy atom. The van der Waals surface area contributed by atoms with E-state index in [1.807, 2.05) is 75.9 Å². The molecule has 0 radical (unpaired) electrons. The fourth-order valence-electron chi connectivity index (χ4n) is 11.2. The van der Waals surface area contributed by atoms with Gasteiger partial charge in [0.2, 0.25) is 17.1 Å². The summed E-state index contributed by atoms with van der Waals surface area (Å²) < 4.78 is 41.6. The van der Waals surface area contributed by atoms with E-state index in [0.717, 1.165) is 88.8 Å². The van der Waals surface area contributed by atoms with Crippen molar-refractivity contribution < 1.29 is 17.4 Å². The van der Waals surface area contributed by atoms with Crippen LogP contribution in [0, 0.1) is 41.5 Å². The highest BCUT2D eigenvalue weighted by Crippen LogP contribution is 2.45. The Morgan fingerprint density at radius 1 is 0.403 bits per heavy atom. The van der Waals surface area contributed by atoms with Crippen LogP contribution in [0.2, 0.25) is 0 Å². The molecule has 12 nitrogen and oxygen atoms in total. The molecule has 0 N–H and O–H groups in total. The summed E-state index contributed by atoms with van der Waals surface area (Å²) in [5.41, 5.74) is 18.1. The van der Waals surface area contributed by atoms with E-state index < -0.39 is 6.98 Å². The molecule has 0 fully saturated rings. The molecule has 394 valence electrons. The molecule has 12 heteroatoms. The van der Waals surface area contributed by atoms with Gasteiger partial charge in [0.1, 0.15) is 18.5 Å². The van der Waals surface area contributed by atoms with Gasteiger partial charge in [0.25, 0.3) is 0 Å². The molecule has 3 aliphatic rings. The topological polar surface area (TPSA) is 97.5 Å². The highest BCUT2D eigenvalue weighted by molar-refractivity contribution is 6.11. The lowest BCUT2D eigenvalue weighted by molar-refractivity contribution is 0.383. The van der Waals surface area contributed by atoms with E-state index in [1.54, 1.807) is 12.4 Å². The average Bonchev–Trinajstić information content (AvgIpc) is 4.47. The van der Waals surface area contributed by atoms with Crippen LogP contribution in [-0.4, -0.2) is 57.3 Å². The van der Waals surface area contributed by atoms with Crippen molar-refractivity contribution in [3.05, 3.63) is 173 Å². The molecule has 0 bridgehead atoms. The molecule has 4 aromatic carbocycles. The average molecular weight is 1030 g/mol. The van der Waals surface area contributed by atoms with Gasteiger partial charge < -0.3 is 42.7 Å². The number of aromatic nitrogens is 3. The van der Waals surface area contributed by atoms with Crippen LogP contribution in [0.15, 0.2) is 141 Å². The maximum atomic E-state index is 7.69. The highest BCUT2D eigenvalue weighted by Gasteiger charge is 2.32. The summed E-state index contributed by atoms with van der Waals surface area (Å²) in [6, 6.07) is 31.7. The van der Waals surface area contributed by atoms with Gasteiger partial charge in [-0.05, 0) is 138 Å². The van der Waals surface area contributed by atoms with Gasteiger partial charge in [0.05, 0.1) is 17.1 Å². The first-order valence-electron chi connectivity index (χ1n) is 28.3. The number of nitrogens with zero attached hydrogens (tertiary/aromatic N) is 9. The number of hydrogen-bond donors (Lipinski definition) is 0. The van der Waals surface area contributed by atoms with Crippen LogP contribution in [0.25, 0.3) is 66.2 Å². The monoisotopic (exact) mass is 1030 g/mol. The zero-order chi connectivity index (χ0) is 56.8. The van der Waals surface area contributed by atoms with Crippen LogP contribution < -0.4 is 19.6 Å². The smallest absolute Gasteiger partial charge is 0.227 e. The minimum Gasteiger partial charge on any atom is -0.435 e. The fraction of sp³-hybridized carbons (Fsp3) is 0.308. The summed E-state index contributed by atoms with van der Waals surface area (Å²) >= 11 is 0. The molecule has 13 rings (SSSR count). The molecule has 0 amide bonds. The zero-order valence-electron chi connectivity index (χ0n) is 49.8. The first kappa shape index (κ1) is 47.2. The molecule has 3 aliphatic heterocycles. The number of furan rings is 3. The number of anilines is 4. The minimum absolute atomic E-state index is 0.120. The second-order valence-electron chi connectivity index (χ2n) is 21.6. The van der Waals surface area contributed by atoms with E-state index in [4.69, 9.17) is 17.4 Å². The summed E-state index contributed by atoms with van der Waals surface area (Å²) in [5.74, 6) is 0.895. The molecular formula is C65H71N9O3. The largest absolute Gasteiger partial charge is 0.435 e. The van der Waals surface area contributed by atoms with Crippen LogP contribution in [0.4, 0.5) is 22.7 Å². The Hall–Kier alpha value is -8.25. The molecule has 3 unspecified atom stereocenters. The summed E-state index contributed by atoms with van der Waals surface area (Å²) in [6.07, 6.45) is 12.1. The normalized spacial score (nSPS) is 18.1. The van der Waals surface area contributed by atoms with E-state index in [2.05, 4.69) is 176 Å². The van der Waals surface area contributed by atoms with Crippen molar-refractivity contribution in [1.29, 1.82) is 0 Å². The van der Waals surface area contributed by atoms with Crippen molar-refractivity contribution in [1.82, 2.24) is 24.8 Å². The van der Waals surface area contributed by atoms with Gasteiger partial charge in [-0.2, -0.15) is 0 Å². The van der Waals surface area contributed by atoms with Crippen molar-refractivity contribution in [2.24, 2.45) is 0 Å². The maximum Gasteiger partial charge on any atom is 0.227 e. The molecule has 0 saturated carbocycles. The molecule has 77 heavy (non-hydrogen) atoms. The van der Waals surface area contributed by atoms with E-state index in [1.165, 1.54) is 32.8 Å². The van der Waals surface area contributed by atoms with Gasteiger partial charge in [-0.25, -0.2) is 15.0 Å². The molecular weight excluding hydrogens is 955 g/mol. The van der Waals surface area contributed by atoms with E-state index in [0.29, 0.717) is 29.0 Å². The number of aryl methyl sites for hydroxylation is 6. The van der Waals surface area contributed by atoms with Crippen molar-refractivity contribution in [2.75, 3.05) is 33.6 Å². The fourth-order valence-corrected chi connectivity index (χ4v) is 11.2. The molecule has 0 aliphatic carbocycles. The number of benzene rings is 4. The quantitative estimate of drug-likeness (QED) is 0.159. The summed E-state index contributed by atoms with van der Waals surface area (Å²) in [7, 11) is 2.08. The predicted molar refractivity (Wildman–Crippen MR) is 319 cm³/mol. The third-order valence-electron chi connectivity index (χ3n) is 15.7. The van der Waals surface area contributed by atoms with Crippen LogP contribution >= 0.6 is 0 Å². The first-order chi connectivity index (χ1) is 38.1. The first-order valence-corrected chi connectivity index (χ1v) is 26.8. The summed E-state index contributed by atoms with van der Waals surface area (Å²) in [4.78, 5) is 26.2. The third kappa shape index (κ3) is 8.77. The maximum absolute atomic E-state index is 7.69. The van der Waals surface area contributed by atoms with Crippen molar-refractivity contribution >= 4 is 89.0 Å². The molecule has 0 spiro atoms. The van der Waals surface area contributed by atoms with Gasteiger partial charge in [-0.15, -0.1) is 0 Å². The van der Waals surface area contributed by atoms with Crippen molar-refractivity contribution in [2.45, 2.75) is 120 Å². The van der Waals surface area contributed by atoms with Crippen molar-refractivity contribution in [3.63, 3.8) is 0 Å². The van der Waals surface area contributed by atoms with E-state index in [9.17, 15) is 0 Å². The lowest BCUT2D eigenvalue weighted by Crippen LogP contribution is -2.37. The van der Waals surface area contributed by atoms with Gasteiger partial charge in [-0.3, -0.25) is 0 Å². The number of hydrogen-bond acceptors (Lipinski definition) is 12. The molecule has 9 heterocycles. The van der Waals surface area contributed by atoms with Gasteiger partial charge in [0, 0.05) is 110 Å². The second kappa shape index (κ2) is 19.7. The van der Waals surface area contributed by atoms with Gasteiger partial charge in [0.15, 0.2) is 16.7 Å². The predicted octanol–water partition coefficient (Wildman–Crippen LogP) is 16.3. The SMILES string of the molecule is Cc1ccc2c(n1)oc1c(N3C=CN(C)C3C)c(C)ccc12.Cc1ccc2c(n1)oc1c(N3C=CN(c4c(C(C)C)cccc4C(C)C)C3C)c(C)ccc12.[2H]C([2H])([2H])N1C=CN(c2c(C)ccc3c2oc2nc(C)ccc23)C1C. The minimum atomic E-state index is -2.18. The molecule has 0 saturated heterocycles. The lowest BCUT2D eigenvalue weighted by atomic mass is 9.92. The summed E-state index contributed by atoms with van der Waals surface area (Å²) in [5, 5.41) is 6.32. The Morgan fingerprint density at radius 3 is 1.06 bits per heavy atom. The van der Waals surface area contributed by atoms with E-state index in [-0.39, 0.29) is 18.5 Å². The molecule has 3 atom stereocenters. The second-order valence-corrected chi connectivity index (χ2v) is 21.6. The number of pyridine rings is 3. The number of rotatable bonds is 6. The lowest BCUT2D eigenvalue weighted by Gasteiger charge is -2.34. The Bertz CT molecular complexity index is 4100. The van der Waals surface area contributed by atoms with Crippen LogP contribution in [0.5, 0.6) is 0 Å². The van der Waals surface area contributed by atoms with Crippen molar-refractivity contribution in [3.8, 4) is 0 Å². The van der Waals surface area contributed by atoms with Gasteiger partial charge >= 0.3 is 0 Å². The zero-order valence-corrected chi connectivity index (χ0v) is 46.8. The number of para-hydroxylation sites is 1. The standard InChI is InChI=1S/C29H33N3O.2C18H19N3O/c1-17(2)22-9-8-10-23(18(3)4)27(22)32-16-15-31(21(32)7)26-19(5)11-13-24-25-14-12-20(6)30-29(25)33-28(24)26;2*1-11-5-7-14-15-8-6-12(2)19-18(15)22-17(14)16(11)21-10-9-20(4)13(21)3/h8-18,21H,1-7H3;2*5-10,13H,1-4H3/i;4D3;. The van der Waals surface area contributed by atoms with Gasteiger partial charge in [-0.1, -0.05) is 82.3 Å². The summed E-state index contributed by atoms with van der Waals surface area (Å²) in [6.45, 7) is 25.4. The number of fused-ring (bicyclic) bond motifs is 9. The van der Waals surface area contributed by atoms with Crippen LogP contribution in [0.1, 0.15) is 109 Å². The molecule has 6 aromatic heterocycles. The van der Waals surface area contributed by atoms with Crippen LogP contribution in [-0.2, 0) is 0 Å². The Labute approximate surface area is 456 Å². The Balaban J connectivity index is 0.000000130. The highest BCUT2D eigenvalue weighted by atomic mass is 16.3. The van der Waals surface area contributed by atoms with E-state index >= 15 is 0 Å².